The van der Waals surface area contributed by atoms with Gasteiger partial charge in [-0.15, -0.1) is 0 Å². The van der Waals surface area contributed by atoms with Crippen LogP contribution in [0.25, 0.3) is 0 Å². The molecular weight excluding hydrogens is 278 g/mol. The monoisotopic (exact) mass is 297 g/mol. The Morgan fingerprint density at radius 2 is 2.20 bits per heavy atom. The highest BCUT2D eigenvalue weighted by atomic mass is 35.5. The molecule has 1 fully saturated rings. The smallest absolute Gasteiger partial charge is 0.172 e. The number of nitrogens with two attached hydrogens (primary N) is 1. The van der Waals surface area contributed by atoms with Crippen LogP contribution < -0.4 is 10.6 Å². The minimum absolute atomic E-state index is 0.0931. The number of nitrogens with zero attached hydrogens (tertiary/aromatic N) is 2. The predicted molar refractivity (Wildman–Crippen MR) is 80.8 cm³/mol. The molecule has 1 aliphatic rings. The van der Waals surface area contributed by atoms with Crippen molar-refractivity contribution in [2.24, 2.45) is 16.8 Å². The van der Waals surface area contributed by atoms with Gasteiger partial charge >= 0.3 is 0 Å². The van der Waals surface area contributed by atoms with Crippen molar-refractivity contribution >= 4 is 23.1 Å². The van der Waals surface area contributed by atoms with Crippen molar-refractivity contribution in [1.82, 2.24) is 0 Å². The lowest BCUT2D eigenvalue weighted by atomic mass is 9.99. The van der Waals surface area contributed by atoms with Crippen LogP contribution >= 0.6 is 11.6 Å². The lowest BCUT2D eigenvalue weighted by Crippen LogP contribution is -2.31. The van der Waals surface area contributed by atoms with Crippen LogP contribution in [0.5, 0.6) is 0 Å². The molecule has 0 amide bonds. The molecule has 20 heavy (non-hydrogen) atoms. The topological polar surface area (TPSA) is 71.1 Å². The van der Waals surface area contributed by atoms with Gasteiger partial charge in [0.2, 0.25) is 0 Å². The summed E-state index contributed by atoms with van der Waals surface area (Å²) in [6.07, 6.45) is 2.12. The number of oxime groups is 1. The maximum absolute atomic E-state index is 8.88. The Bertz CT molecular complexity index is 487. The van der Waals surface area contributed by atoms with E-state index in [2.05, 4.69) is 10.1 Å². The van der Waals surface area contributed by atoms with Crippen molar-refractivity contribution in [2.75, 3.05) is 31.7 Å². The Hall–Kier alpha value is -1.46. The molecule has 0 aromatic heterocycles. The van der Waals surface area contributed by atoms with Crippen molar-refractivity contribution < 1.29 is 9.94 Å². The highest BCUT2D eigenvalue weighted by Gasteiger charge is 2.18. The molecule has 0 bridgehead atoms. The van der Waals surface area contributed by atoms with Crippen LogP contribution in [0.1, 0.15) is 18.4 Å². The summed E-state index contributed by atoms with van der Waals surface area (Å²) < 4.78 is 5.37. The van der Waals surface area contributed by atoms with Crippen molar-refractivity contribution in [1.29, 1.82) is 0 Å². The van der Waals surface area contributed by atoms with E-state index in [1.807, 2.05) is 13.1 Å². The molecule has 1 heterocycles. The third-order valence-electron chi connectivity index (χ3n) is 3.63. The summed E-state index contributed by atoms with van der Waals surface area (Å²) in [5, 5.41) is 12.6. The van der Waals surface area contributed by atoms with Crippen LogP contribution in [-0.4, -0.2) is 37.8 Å². The van der Waals surface area contributed by atoms with Gasteiger partial charge in [-0.25, -0.2) is 0 Å². The third kappa shape index (κ3) is 3.55. The Morgan fingerprint density at radius 1 is 1.50 bits per heavy atom. The molecule has 0 unspecified atom stereocenters. The molecule has 1 aromatic carbocycles. The molecule has 3 N–H and O–H groups in total. The standard InChI is InChI=1S/C14H20ClN3O2/c1-18(9-10-4-6-20-7-5-10)13-8-11(15)2-3-12(13)14(16)17-19/h2-3,8,10,19H,4-7,9H2,1H3,(H2,16,17). The number of ether oxygens (including phenoxy) is 1. The van der Waals surface area contributed by atoms with Crippen LogP contribution in [0.3, 0.4) is 0 Å². The SMILES string of the molecule is CN(CC1CCOCC1)c1cc(Cl)ccc1C(N)=NO. The number of hydrogen-bond donors (Lipinski definition) is 2. The first-order chi connectivity index (χ1) is 9.61. The van der Waals surface area contributed by atoms with E-state index in [0.717, 1.165) is 38.3 Å². The van der Waals surface area contributed by atoms with Crippen molar-refractivity contribution in [3.8, 4) is 0 Å². The van der Waals surface area contributed by atoms with E-state index < -0.39 is 0 Å². The summed E-state index contributed by atoms with van der Waals surface area (Å²) in [6, 6.07) is 5.35. The molecule has 1 aromatic rings. The molecule has 0 atom stereocenters. The fourth-order valence-electron chi connectivity index (χ4n) is 2.51. The number of halogens is 1. The molecule has 5 nitrogen and oxygen atoms in total. The normalized spacial score (nSPS) is 17.2. The van der Waals surface area contributed by atoms with Gasteiger partial charge < -0.3 is 20.6 Å². The zero-order chi connectivity index (χ0) is 14.5. The molecule has 110 valence electrons. The van der Waals surface area contributed by atoms with E-state index in [0.29, 0.717) is 16.5 Å². The molecule has 0 saturated carbocycles. The first-order valence-electron chi connectivity index (χ1n) is 6.68. The van der Waals surface area contributed by atoms with E-state index in [9.17, 15) is 0 Å². The Balaban J connectivity index is 2.19. The molecule has 0 radical (unpaired) electrons. The van der Waals surface area contributed by atoms with Crippen LogP contribution in [-0.2, 0) is 4.74 Å². The van der Waals surface area contributed by atoms with E-state index in [-0.39, 0.29) is 5.84 Å². The minimum atomic E-state index is 0.0931. The average molecular weight is 298 g/mol. The molecular formula is C14H20ClN3O2. The van der Waals surface area contributed by atoms with Crippen LogP contribution in [0.2, 0.25) is 5.02 Å². The van der Waals surface area contributed by atoms with Gasteiger partial charge in [-0.3, -0.25) is 0 Å². The second-order valence-corrected chi connectivity index (χ2v) is 5.52. The average Bonchev–Trinajstić information content (AvgIpc) is 2.47. The zero-order valence-electron chi connectivity index (χ0n) is 11.6. The number of rotatable bonds is 4. The lowest BCUT2D eigenvalue weighted by Gasteiger charge is -2.29. The number of hydrogen-bond acceptors (Lipinski definition) is 4. The van der Waals surface area contributed by atoms with Crippen molar-refractivity contribution in [3.05, 3.63) is 28.8 Å². The first-order valence-corrected chi connectivity index (χ1v) is 7.06. The summed E-state index contributed by atoms with van der Waals surface area (Å²) in [4.78, 5) is 2.11. The lowest BCUT2D eigenvalue weighted by molar-refractivity contribution is 0.0685. The fourth-order valence-corrected chi connectivity index (χ4v) is 2.67. The minimum Gasteiger partial charge on any atom is -0.409 e. The van der Waals surface area contributed by atoms with Gasteiger partial charge in [-0.2, -0.15) is 0 Å². The summed E-state index contributed by atoms with van der Waals surface area (Å²) in [5.74, 6) is 0.684. The predicted octanol–water partition coefficient (Wildman–Crippen LogP) is 2.30. The molecule has 1 aliphatic heterocycles. The summed E-state index contributed by atoms with van der Waals surface area (Å²) in [6.45, 7) is 2.54. The van der Waals surface area contributed by atoms with Crippen LogP contribution in [0, 0.1) is 5.92 Å². The van der Waals surface area contributed by atoms with E-state index in [1.165, 1.54) is 0 Å². The fraction of sp³-hybridized carbons (Fsp3) is 0.500. The number of amidine groups is 1. The van der Waals surface area contributed by atoms with Crippen molar-refractivity contribution in [2.45, 2.75) is 12.8 Å². The van der Waals surface area contributed by atoms with Gasteiger partial charge in [0, 0.05) is 43.1 Å². The molecule has 6 heteroatoms. The van der Waals surface area contributed by atoms with Gasteiger partial charge in [-0.05, 0) is 37.0 Å². The number of benzene rings is 1. The maximum Gasteiger partial charge on any atom is 0.172 e. The van der Waals surface area contributed by atoms with Crippen LogP contribution in [0.15, 0.2) is 23.4 Å². The zero-order valence-corrected chi connectivity index (χ0v) is 12.3. The second-order valence-electron chi connectivity index (χ2n) is 5.08. The molecule has 2 rings (SSSR count). The molecule has 1 saturated heterocycles. The summed E-state index contributed by atoms with van der Waals surface area (Å²) in [7, 11) is 2.00. The van der Waals surface area contributed by atoms with E-state index in [1.54, 1.807) is 12.1 Å². The van der Waals surface area contributed by atoms with Gasteiger partial charge in [0.05, 0.1) is 0 Å². The highest BCUT2D eigenvalue weighted by Crippen LogP contribution is 2.26. The van der Waals surface area contributed by atoms with Gasteiger partial charge in [0.1, 0.15) is 0 Å². The number of anilines is 1. The summed E-state index contributed by atoms with van der Waals surface area (Å²) >= 11 is 6.06. The maximum atomic E-state index is 8.88. The van der Waals surface area contributed by atoms with Crippen LogP contribution in [0.4, 0.5) is 5.69 Å². The Kier molecular flexibility index (Phi) is 5.09. The highest BCUT2D eigenvalue weighted by molar-refractivity contribution is 6.31. The van der Waals surface area contributed by atoms with Gasteiger partial charge in [0.15, 0.2) is 5.84 Å². The third-order valence-corrected chi connectivity index (χ3v) is 3.86. The first kappa shape index (κ1) is 14.9. The van der Waals surface area contributed by atoms with E-state index in [4.69, 9.17) is 27.3 Å². The Labute approximate surface area is 124 Å². The van der Waals surface area contributed by atoms with Gasteiger partial charge in [-0.1, -0.05) is 16.8 Å². The second kappa shape index (κ2) is 6.81. The van der Waals surface area contributed by atoms with Crippen molar-refractivity contribution in [3.63, 3.8) is 0 Å². The molecule has 0 aliphatic carbocycles. The van der Waals surface area contributed by atoms with Gasteiger partial charge in [0.25, 0.3) is 0 Å². The van der Waals surface area contributed by atoms with E-state index >= 15 is 0 Å². The Morgan fingerprint density at radius 3 is 2.85 bits per heavy atom. The molecule has 0 spiro atoms. The quantitative estimate of drug-likeness (QED) is 0.387. The largest absolute Gasteiger partial charge is 0.409 e. The summed E-state index contributed by atoms with van der Waals surface area (Å²) in [5.41, 5.74) is 7.29.